The molecule has 0 spiro atoms. The minimum absolute atomic E-state index is 0.153. The van der Waals surface area contributed by atoms with E-state index in [1.165, 1.54) is 10.6 Å². The van der Waals surface area contributed by atoms with Crippen molar-refractivity contribution in [3.05, 3.63) is 62.8 Å². The molecule has 0 atom stereocenters. The number of rotatable bonds is 4. The molecule has 2 aromatic rings. The lowest BCUT2D eigenvalue weighted by Crippen LogP contribution is -2.36. The van der Waals surface area contributed by atoms with Crippen LogP contribution >= 0.6 is 0 Å². The fourth-order valence-electron chi connectivity index (χ4n) is 1.88. The van der Waals surface area contributed by atoms with Gasteiger partial charge in [-0.25, -0.2) is 4.79 Å². The van der Waals surface area contributed by atoms with Crippen LogP contribution in [-0.4, -0.2) is 16.2 Å². The van der Waals surface area contributed by atoms with Crippen LogP contribution in [0.25, 0.3) is 0 Å². The van der Waals surface area contributed by atoms with Crippen LogP contribution in [0.3, 0.4) is 0 Å². The van der Waals surface area contributed by atoms with Gasteiger partial charge in [-0.15, -0.1) is 0 Å². The van der Waals surface area contributed by atoms with E-state index in [9.17, 15) is 22.8 Å². The minimum atomic E-state index is -3.67. The molecule has 5 nitrogen and oxygen atoms in total. The highest BCUT2D eigenvalue weighted by molar-refractivity contribution is 5.33. The van der Waals surface area contributed by atoms with Crippen LogP contribution in [0.2, 0.25) is 0 Å². The van der Waals surface area contributed by atoms with Crippen LogP contribution in [0.1, 0.15) is 25.5 Å². The standard InChI is InChI=1S/C14H17N3O2.CHF3/c1-10(2)17-13(18)8-12(16-14(17)19)15-9-11-6-4-3-5-7-11;2-1(3)4/h3-8,10,15H,9H2,1-2H3,(H,16,19);1H. The molecule has 0 radical (unpaired) electrons. The van der Waals surface area contributed by atoms with Gasteiger partial charge in [0.2, 0.25) is 0 Å². The zero-order valence-corrected chi connectivity index (χ0v) is 12.7. The first-order valence-corrected chi connectivity index (χ1v) is 6.87. The van der Waals surface area contributed by atoms with Crippen molar-refractivity contribution in [1.29, 1.82) is 0 Å². The first-order valence-electron chi connectivity index (χ1n) is 6.87. The lowest BCUT2D eigenvalue weighted by atomic mass is 10.2. The van der Waals surface area contributed by atoms with E-state index in [1.54, 1.807) is 13.8 Å². The van der Waals surface area contributed by atoms with Crippen LogP contribution in [0, 0.1) is 0 Å². The van der Waals surface area contributed by atoms with E-state index in [1.807, 2.05) is 30.3 Å². The van der Waals surface area contributed by atoms with Gasteiger partial charge >= 0.3 is 12.4 Å². The number of anilines is 1. The number of nitrogens with zero attached hydrogens (tertiary/aromatic N) is 1. The predicted octanol–water partition coefficient (Wildman–Crippen LogP) is 2.91. The van der Waals surface area contributed by atoms with Crippen LogP contribution in [0.4, 0.5) is 19.0 Å². The van der Waals surface area contributed by atoms with Gasteiger partial charge in [-0.05, 0) is 19.4 Å². The van der Waals surface area contributed by atoms with Crippen LogP contribution in [0.15, 0.2) is 46.0 Å². The molecule has 0 unspecified atom stereocenters. The Morgan fingerprint density at radius 2 is 1.70 bits per heavy atom. The third kappa shape index (κ3) is 6.41. The van der Waals surface area contributed by atoms with E-state index in [0.29, 0.717) is 12.4 Å². The van der Waals surface area contributed by atoms with E-state index < -0.39 is 12.4 Å². The number of hydrogen-bond donors (Lipinski definition) is 2. The van der Waals surface area contributed by atoms with Crippen molar-refractivity contribution in [2.24, 2.45) is 0 Å². The molecule has 0 aliphatic rings. The van der Waals surface area contributed by atoms with Crippen molar-refractivity contribution in [3.63, 3.8) is 0 Å². The highest BCUT2D eigenvalue weighted by Crippen LogP contribution is 2.03. The number of H-pyrrole nitrogens is 1. The zero-order chi connectivity index (χ0) is 17.4. The largest absolute Gasteiger partial charge is 0.379 e. The third-order valence-corrected chi connectivity index (χ3v) is 2.81. The molecule has 0 amide bonds. The second-order valence-corrected chi connectivity index (χ2v) is 4.88. The number of hydrogen-bond acceptors (Lipinski definition) is 3. The average molecular weight is 329 g/mol. The molecule has 2 rings (SSSR count). The number of halogens is 3. The monoisotopic (exact) mass is 329 g/mol. The SMILES string of the molecule is CC(C)n1c(=O)cc(NCc2ccccc2)[nH]c1=O.FC(F)F. The molecular weight excluding hydrogens is 311 g/mol. The van der Waals surface area contributed by atoms with Gasteiger partial charge in [0, 0.05) is 18.7 Å². The van der Waals surface area contributed by atoms with Crippen molar-refractivity contribution in [3.8, 4) is 0 Å². The lowest BCUT2D eigenvalue weighted by Gasteiger charge is -2.10. The molecule has 8 heteroatoms. The van der Waals surface area contributed by atoms with Crippen LogP contribution in [0.5, 0.6) is 0 Å². The Morgan fingerprint density at radius 1 is 1.13 bits per heavy atom. The molecule has 126 valence electrons. The topological polar surface area (TPSA) is 66.9 Å². The number of aromatic nitrogens is 2. The van der Waals surface area contributed by atoms with E-state index in [4.69, 9.17) is 0 Å². The smallest absolute Gasteiger partial charge is 0.367 e. The van der Waals surface area contributed by atoms with Gasteiger partial charge < -0.3 is 5.32 Å². The summed E-state index contributed by atoms with van der Waals surface area (Å²) in [5.41, 5.74) is 0.392. The Balaban J connectivity index is 0.000000593. The van der Waals surface area contributed by atoms with Gasteiger partial charge in [0.15, 0.2) is 0 Å². The maximum Gasteiger partial charge on any atom is 0.379 e. The van der Waals surface area contributed by atoms with E-state index >= 15 is 0 Å². The maximum atomic E-state index is 11.8. The second kappa shape index (κ2) is 8.82. The van der Waals surface area contributed by atoms with E-state index in [2.05, 4.69) is 10.3 Å². The highest BCUT2D eigenvalue weighted by Gasteiger charge is 2.07. The summed E-state index contributed by atoms with van der Waals surface area (Å²) in [5.74, 6) is 0.441. The fourth-order valence-corrected chi connectivity index (χ4v) is 1.88. The number of nitrogens with one attached hydrogen (secondary N) is 2. The molecular formula is C15H18F3N3O2. The first-order chi connectivity index (χ1) is 10.8. The zero-order valence-electron chi connectivity index (χ0n) is 12.7. The Labute approximate surface area is 130 Å². The summed E-state index contributed by atoms with van der Waals surface area (Å²) in [6, 6.07) is 11.0. The van der Waals surface area contributed by atoms with Gasteiger partial charge in [0.05, 0.1) is 0 Å². The molecule has 0 bridgehead atoms. The van der Waals surface area contributed by atoms with Gasteiger partial charge in [-0.2, -0.15) is 13.2 Å². The van der Waals surface area contributed by atoms with Gasteiger partial charge in [-0.3, -0.25) is 14.3 Å². The van der Waals surface area contributed by atoms with Crippen molar-refractivity contribution in [2.75, 3.05) is 5.32 Å². The number of aromatic amines is 1. The Morgan fingerprint density at radius 3 is 2.17 bits per heavy atom. The van der Waals surface area contributed by atoms with Gasteiger partial charge in [0.1, 0.15) is 5.82 Å². The van der Waals surface area contributed by atoms with E-state index in [-0.39, 0.29) is 11.6 Å². The summed E-state index contributed by atoms with van der Waals surface area (Å²) in [5, 5.41) is 3.04. The summed E-state index contributed by atoms with van der Waals surface area (Å²) in [6.45, 7) is 0.489. The molecule has 1 aromatic heterocycles. The minimum Gasteiger partial charge on any atom is -0.367 e. The summed E-state index contributed by atoms with van der Waals surface area (Å²) in [4.78, 5) is 26.3. The molecule has 23 heavy (non-hydrogen) atoms. The number of benzene rings is 1. The Kier molecular flexibility index (Phi) is 7.11. The first kappa shape index (κ1) is 18.5. The predicted molar refractivity (Wildman–Crippen MR) is 82.6 cm³/mol. The lowest BCUT2D eigenvalue weighted by molar-refractivity contribution is 0.00819. The van der Waals surface area contributed by atoms with Crippen LogP contribution < -0.4 is 16.6 Å². The molecule has 0 aliphatic heterocycles. The fraction of sp³-hybridized carbons (Fsp3) is 0.333. The summed E-state index contributed by atoms with van der Waals surface area (Å²) >= 11 is 0. The normalized spacial score (nSPS) is 10.4. The van der Waals surface area contributed by atoms with Crippen molar-refractivity contribution in [1.82, 2.24) is 9.55 Å². The molecule has 2 N–H and O–H groups in total. The summed E-state index contributed by atoms with van der Waals surface area (Å²) < 4.78 is 30.2. The highest BCUT2D eigenvalue weighted by atomic mass is 19.4. The molecule has 1 heterocycles. The molecule has 0 fully saturated rings. The number of alkyl halides is 3. The third-order valence-electron chi connectivity index (χ3n) is 2.81. The van der Waals surface area contributed by atoms with Crippen molar-refractivity contribution >= 4 is 5.82 Å². The quantitative estimate of drug-likeness (QED) is 0.906. The van der Waals surface area contributed by atoms with Gasteiger partial charge in [0.25, 0.3) is 5.56 Å². The van der Waals surface area contributed by atoms with Crippen LogP contribution in [-0.2, 0) is 6.54 Å². The molecule has 0 aliphatic carbocycles. The second-order valence-electron chi connectivity index (χ2n) is 4.88. The Hall–Kier alpha value is -2.51. The molecule has 0 saturated heterocycles. The van der Waals surface area contributed by atoms with Crippen molar-refractivity contribution < 1.29 is 13.2 Å². The average Bonchev–Trinajstić information content (AvgIpc) is 2.44. The Bertz CT molecular complexity index is 678. The molecule has 1 aromatic carbocycles. The van der Waals surface area contributed by atoms with Crippen molar-refractivity contribution in [2.45, 2.75) is 33.1 Å². The molecule has 0 saturated carbocycles. The summed E-state index contributed by atoms with van der Waals surface area (Å²) in [6.07, 6.45) is 0. The van der Waals surface area contributed by atoms with E-state index in [0.717, 1.165) is 5.56 Å². The van der Waals surface area contributed by atoms with Gasteiger partial charge in [-0.1, -0.05) is 30.3 Å². The summed E-state index contributed by atoms with van der Waals surface area (Å²) in [7, 11) is 0. The maximum absolute atomic E-state index is 11.8.